The highest BCUT2D eigenvalue weighted by Crippen LogP contribution is 2.20. The smallest absolute Gasteiger partial charge is 0.253 e. The molecule has 0 bridgehead atoms. The fraction of sp³-hybridized carbons (Fsp3) is 0.160. The summed E-state index contributed by atoms with van der Waals surface area (Å²) in [5, 5.41) is 7.37. The third-order valence-corrected chi connectivity index (χ3v) is 5.02. The maximum absolute atomic E-state index is 12.4. The Kier molecular flexibility index (Phi) is 5.70. The zero-order valence-electron chi connectivity index (χ0n) is 17.1. The number of hydrogen-bond donors (Lipinski definition) is 1. The Morgan fingerprint density at radius 2 is 1.73 bits per heavy atom. The van der Waals surface area contributed by atoms with E-state index in [2.05, 4.69) is 53.5 Å². The lowest BCUT2D eigenvalue weighted by atomic mass is 10.0. The van der Waals surface area contributed by atoms with Gasteiger partial charge in [0.2, 0.25) is 0 Å². The van der Waals surface area contributed by atoms with E-state index in [4.69, 9.17) is 0 Å². The van der Waals surface area contributed by atoms with Crippen LogP contribution in [0.25, 0.3) is 16.9 Å². The van der Waals surface area contributed by atoms with Gasteiger partial charge in [0.25, 0.3) is 5.91 Å². The van der Waals surface area contributed by atoms with Crippen LogP contribution in [0.5, 0.6) is 0 Å². The summed E-state index contributed by atoms with van der Waals surface area (Å²) in [7, 11) is 0. The Balaban J connectivity index is 1.43. The average molecular weight is 396 g/mol. The first-order valence-corrected chi connectivity index (χ1v) is 10.0. The van der Waals surface area contributed by atoms with E-state index in [1.54, 1.807) is 18.5 Å². The Morgan fingerprint density at radius 3 is 2.40 bits per heavy atom. The molecule has 4 aromatic rings. The van der Waals surface area contributed by atoms with Gasteiger partial charge < -0.3 is 5.32 Å². The summed E-state index contributed by atoms with van der Waals surface area (Å²) in [6.45, 7) is 4.85. The number of nitrogens with one attached hydrogen (secondary N) is 1. The number of carbonyl (C=O) groups is 1. The minimum absolute atomic E-state index is 0.140. The van der Waals surface area contributed by atoms with Crippen molar-refractivity contribution in [1.29, 1.82) is 0 Å². The van der Waals surface area contributed by atoms with Crippen molar-refractivity contribution in [2.75, 3.05) is 0 Å². The first-order valence-electron chi connectivity index (χ1n) is 10.0. The van der Waals surface area contributed by atoms with Gasteiger partial charge in [0.1, 0.15) is 0 Å². The summed E-state index contributed by atoms with van der Waals surface area (Å²) in [5.74, 6) is 0.360. The van der Waals surface area contributed by atoms with Crippen molar-refractivity contribution >= 4 is 5.91 Å². The Hall–Kier alpha value is -3.73. The van der Waals surface area contributed by atoms with Gasteiger partial charge in [-0.2, -0.15) is 5.10 Å². The largest absolute Gasteiger partial charge is 0.348 e. The molecule has 1 N–H and O–H groups in total. The van der Waals surface area contributed by atoms with E-state index >= 15 is 0 Å². The van der Waals surface area contributed by atoms with Gasteiger partial charge in [0.05, 0.1) is 23.1 Å². The monoisotopic (exact) mass is 396 g/mol. The lowest BCUT2D eigenvalue weighted by molar-refractivity contribution is 0.0950. The van der Waals surface area contributed by atoms with Gasteiger partial charge in [0.15, 0.2) is 0 Å². The van der Waals surface area contributed by atoms with Crippen molar-refractivity contribution in [2.24, 2.45) is 0 Å². The lowest BCUT2D eigenvalue weighted by Crippen LogP contribution is -2.22. The molecule has 1 amide bonds. The third-order valence-electron chi connectivity index (χ3n) is 5.02. The van der Waals surface area contributed by atoms with Crippen LogP contribution in [0.4, 0.5) is 0 Å². The molecule has 0 fully saturated rings. The molecule has 0 radical (unpaired) electrons. The van der Waals surface area contributed by atoms with E-state index in [-0.39, 0.29) is 5.91 Å². The van der Waals surface area contributed by atoms with Crippen LogP contribution in [0.1, 0.15) is 41.3 Å². The number of benzene rings is 2. The van der Waals surface area contributed by atoms with Gasteiger partial charge in [0, 0.05) is 24.5 Å². The summed E-state index contributed by atoms with van der Waals surface area (Å²) in [6, 6.07) is 21.9. The Bertz CT molecular complexity index is 1110. The number of pyridine rings is 1. The molecular formula is C25H24N4O. The van der Waals surface area contributed by atoms with E-state index in [1.807, 2.05) is 47.3 Å². The summed E-state index contributed by atoms with van der Waals surface area (Å²) in [5.41, 5.74) is 5.57. The van der Waals surface area contributed by atoms with E-state index in [1.165, 1.54) is 5.56 Å². The van der Waals surface area contributed by atoms with Crippen LogP contribution in [0.2, 0.25) is 0 Å². The van der Waals surface area contributed by atoms with Crippen molar-refractivity contribution < 1.29 is 4.79 Å². The molecule has 0 aliphatic heterocycles. The molecule has 0 atom stereocenters. The number of rotatable bonds is 6. The number of hydrogen-bond acceptors (Lipinski definition) is 3. The lowest BCUT2D eigenvalue weighted by Gasteiger charge is -2.07. The molecule has 0 saturated heterocycles. The van der Waals surface area contributed by atoms with Crippen molar-refractivity contribution in [2.45, 2.75) is 26.3 Å². The van der Waals surface area contributed by atoms with Crippen LogP contribution in [0.15, 0.2) is 85.3 Å². The van der Waals surface area contributed by atoms with Crippen LogP contribution < -0.4 is 5.32 Å². The molecule has 0 aliphatic rings. The van der Waals surface area contributed by atoms with Crippen LogP contribution in [0.3, 0.4) is 0 Å². The summed E-state index contributed by atoms with van der Waals surface area (Å²) >= 11 is 0. The minimum atomic E-state index is -0.140. The molecule has 150 valence electrons. The Morgan fingerprint density at radius 1 is 0.967 bits per heavy atom. The second kappa shape index (κ2) is 8.74. The molecule has 0 spiro atoms. The Labute approximate surface area is 176 Å². The third kappa shape index (κ3) is 4.46. The number of nitrogens with zero attached hydrogens (tertiary/aromatic N) is 3. The highest BCUT2D eigenvalue weighted by molar-refractivity contribution is 5.94. The van der Waals surface area contributed by atoms with Crippen molar-refractivity contribution in [3.05, 3.63) is 102 Å². The molecule has 2 aromatic heterocycles. The molecular weight excluding hydrogens is 372 g/mol. The van der Waals surface area contributed by atoms with Gasteiger partial charge in [-0.25, -0.2) is 4.68 Å². The molecule has 0 aliphatic carbocycles. The van der Waals surface area contributed by atoms with E-state index in [9.17, 15) is 4.79 Å². The first-order chi connectivity index (χ1) is 14.6. The summed E-state index contributed by atoms with van der Waals surface area (Å²) < 4.78 is 1.83. The highest BCUT2D eigenvalue weighted by Gasteiger charge is 2.09. The van der Waals surface area contributed by atoms with Crippen LogP contribution in [-0.4, -0.2) is 20.7 Å². The molecule has 5 heteroatoms. The van der Waals surface area contributed by atoms with E-state index in [0.29, 0.717) is 18.0 Å². The maximum atomic E-state index is 12.4. The quantitative estimate of drug-likeness (QED) is 0.500. The number of amides is 1. The van der Waals surface area contributed by atoms with Gasteiger partial charge >= 0.3 is 0 Å². The van der Waals surface area contributed by atoms with Crippen LogP contribution >= 0.6 is 0 Å². The average Bonchev–Trinajstić information content (AvgIpc) is 3.29. The standard InChI is InChI=1S/C25H24N4O/c1-18(2)20-8-11-23(12-9-20)29-17-22(16-28-29)24-13-10-21(15-26-24)25(30)27-14-19-6-4-3-5-7-19/h3-13,15-18H,14H2,1-2H3,(H,27,30). The van der Waals surface area contributed by atoms with E-state index in [0.717, 1.165) is 22.5 Å². The zero-order valence-corrected chi connectivity index (χ0v) is 17.1. The fourth-order valence-electron chi connectivity index (χ4n) is 3.19. The SMILES string of the molecule is CC(C)c1ccc(-n2cc(-c3ccc(C(=O)NCc4ccccc4)cn3)cn2)cc1. The molecule has 4 rings (SSSR count). The highest BCUT2D eigenvalue weighted by atomic mass is 16.1. The molecule has 5 nitrogen and oxygen atoms in total. The molecule has 0 unspecified atom stereocenters. The fourth-order valence-corrected chi connectivity index (χ4v) is 3.19. The van der Waals surface area contributed by atoms with Gasteiger partial charge in [-0.1, -0.05) is 56.3 Å². The summed E-state index contributed by atoms with van der Waals surface area (Å²) in [4.78, 5) is 16.8. The number of carbonyl (C=O) groups excluding carboxylic acids is 1. The first kappa shape index (κ1) is 19.6. The predicted molar refractivity (Wildman–Crippen MR) is 118 cm³/mol. The topological polar surface area (TPSA) is 59.8 Å². The van der Waals surface area contributed by atoms with Crippen molar-refractivity contribution in [3.63, 3.8) is 0 Å². The minimum Gasteiger partial charge on any atom is -0.348 e. The molecule has 2 heterocycles. The van der Waals surface area contributed by atoms with Crippen molar-refractivity contribution in [3.8, 4) is 16.9 Å². The van der Waals surface area contributed by atoms with Crippen LogP contribution in [-0.2, 0) is 6.54 Å². The van der Waals surface area contributed by atoms with Crippen LogP contribution in [0, 0.1) is 0 Å². The maximum Gasteiger partial charge on any atom is 0.253 e. The van der Waals surface area contributed by atoms with Gasteiger partial charge in [-0.15, -0.1) is 0 Å². The second-order valence-electron chi connectivity index (χ2n) is 7.52. The normalized spacial score (nSPS) is 10.9. The van der Waals surface area contributed by atoms with Gasteiger partial charge in [-0.3, -0.25) is 9.78 Å². The molecule has 0 saturated carbocycles. The summed E-state index contributed by atoms with van der Waals surface area (Å²) in [6.07, 6.45) is 5.33. The molecule has 30 heavy (non-hydrogen) atoms. The van der Waals surface area contributed by atoms with E-state index < -0.39 is 0 Å². The van der Waals surface area contributed by atoms with Gasteiger partial charge in [-0.05, 0) is 41.3 Å². The zero-order chi connectivity index (χ0) is 20.9. The number of aromatic nitrogens is 3. The van der Waals surface area contributed by atoms with Crippen molar-refractivity contribution in [1.82, 2.24) is 20.1 Å². The predicted octanol–water partition coefficient (Wildman–Crippen LogP) is 4.99. The molecule has 2 aromatic carbocycles. The second-order valence-corrected chi connectivity index (χ2v) is 7.52.